The second-order valence-electron chi connectivity index (χ2n) is 10.6. The lowest BCUT2D eigenvalue weighted by molar-refractivity contribution is 1.41. The van der Waals surface area contributed by atoms with Gasteiger partial charge in [0, 0.05) is 45.9 Å². The average Bonchev–Trinajstić information content (AvgIpc) is 3.66. The molecule has 0 aliphatic carbocycles. The number of nitriles is 3. The van der Waals surface area contributed by atoms with Crippen molar-refractivity contribution in [3.63, 3.8) is 0 Å². The van der Waals surface area contributed by atoms with Gasteiger partial charge in [-0.05, 0) is 70.3 Å². The van der Waals surface area contributed by atoms with E-state index in [9.17, 15) is 15.8 Å². The highest BCUT2D eigenvalue weighted by Gasteiger charge is 2.19. The Labute approximate surface area is 261 Å². The van der Waals surface area contributed by atoms with Crippen LogP contribution in [0.2, 0.25) is 0 Å². The highest BCUT2D eigenvalue weighted by molar-refractivity contribution is 7.26. The zero-order valence-corrected chi connectivity index (χ0v) is 24.8. The molecule has 0 aliphatic heterocycles. The molecule has 6 aromatic carbocycles. The van der Waals surface area contributed by atoms with Crippen LogP contribution in [0.3, 0.4) is 0 Å². The molecule has 0 saturated carbocycles. The second-order valence-corrected chi connectivity index (χ2v) is 12.7. The molecule has 0 aliphatic rings. The van der Waals surface area contributed by atoms with E-state index in [1.165, 1.54) is 40.3 Å². The number of hydrogen-bond donors (Lipinski definition) is 0. The zero-order chi connectivity index (χ0) is 29.8. The topological polar surface area (TPSA) is 71.4 Å². The third-order valence-electron chi connectivity index (χ3n) is 8.16. The van der Waals surface area contributed by atoms with Gasteiger partial charge in [-0.2, -0.15) is 15.8 Å². The number of benzene rings is 6. The molecule has 0 fully saturated rings. The van der Waals surface area contributed by atoms with Crippen LogP contribution in [-0.2, 0) is 0 Å². The summed E-state index contributed by atoms with van der Waals surface area (Å²) in [4.78, 5) is 0. The molecule has 5 heteroatoms. The summed E-state index contributed by atoms with van der Waals surface area (Å²) < 4.78 is 4.84. The van der Waals surface area contributed by atoms with Gasteiger partial charge < -0.3 is 0 Å². The Balaban J connectivity index is 1.47. The Kier molecular flexibility index (Phi) is 6.00. The summed E-state index contributed by atoms with van der Waals surface area (Å²) in [5.41, 5.74) is 6.43. The van der Waals surface area contributed by atoms with Crippen LogP contribution < -0.4 is 0 Å². The van der Waals surface area contributed by atoms with E-state index in [-0.39, 0.29) is 0 Å². The van der Waals surface area contributed by atoms with E-state index in [1.807, 2.05) is 0 Å². The van der Waals surface area contributed by atoms with E-state index in [0.29, 0.717) is 22.3 Å². The summed E-state index contributed by atoms with van der Waals surface area (Å²) in [6.07, 6.45) is 0. The van der Waals surface area contributed by atoms with Gasteiger partial charge in [0.25, 0.3) is 0 Å². The van der Waals surface area contributed by atoms with Crippen LogP contribution >= 0.6 is 22.7 Å². The van der Waals surface area contributed by atoms with Crippen LogP contribution in [0.1, 0.15) is 16.7 Å². The Morgan fingerprint density at radius 2 is 0.886 bits per heavy atom. The SMILES string of the molecule is N#Cc1cc(C#N)c(-c2cc(-c3cccc4c3sc3ccccc34)cc(-c3cccc4c3sc3ccccc34)c2)c(C#N)c1. The first-order chi connectivity index (χ1) is 21.7. The summed E-state index contributed by atoms with van der Waals surface area (Å²) in [5.74, 6) is 0. The van der Waals surface area contributed by atoms with E-state index in [0.717, 1.165) is 27.8 Å². The maximum absolute atomic E-state index is 10.2. The van der Waals surface area contributed by atoms with Gasteiger partial charge in [0.05, 0.1) is 34.9 Å². The molecule has 0 unspecified atom stereocenters. The summed E-state index contributed by atoms with van der Waals surface area (Å²) in [6.45, 7) is 0. The van der Waals surface area contributed by atoms with E-state index >= 15 is 0 Å². The molecule has 8 rings (SSSR count). The van der Waals surface area contributed by atoms with Crippen molar-refractivity contribution in [2.45, 2.75) is 0 Å². The minimum atomic E-state index is 0.295. The molecule has 44 heavy (non-hydrogen) atoms. The first-order valence-electron chi connectivity index (χ1n) is 14.0. The number of thiophene rings is 2. The van der Waals surface area contributed by atoms with Crippen molar-refractivity contribution in [2.75, 3.05) is 0 Å². The summed E-state index contributed by atoms with van der Waals surface area (Å²) in [6, 6.07) is 45.9. The van der Waals surface area contributed by atoms with Crippen LogP contribution in [0, 0.1) is 34.0 Å². The monoisotopic (exact) mass is 593 g/mol. The molecular formula is C39H19N3S2. The molecule has 0 spiro atoms. The largest absolute Gasteiger partial charge is 0.192 e. The van der Waals surface area contributed by atoms with E-state index < -0.39 is 0 Å². The van der Waals surface area contributed by atoms with E-state index in [2.05, 4.69) is 121 Å². The lowest BCUT2D eigenvalue weighted by atomic mass is 9.88. The normalized spacial score (nSPS) is 11.1. The van der Waals surface area contributed by atoms with E-state index in [1.54, 1.807) is 34.8 Å². The van der Waals surface area contributed by atoms with Gasteiger partial charge in [-0.25, -0.2) is 0 Å². The zero-order valence-electron chi connectivity index (χ0n) is 23.1. The van der Waals surface area contributed by atoms with Crippen molar-refractivity contribution in [2.24, 2.45) is 0 Å². The summed E-state index contributed by atoms with van der Waals surface area (Å²) in [5, 5.41) is 34.8. The lowest BCUT2D eigenvalue weighted by Crippen LogP contribution is -1.94. The molecule has 2 heterocycles. The molecule has 2 aromatic heterocycles. The fraction of sp³-hybridized carbons (Fsp3) is 0. The van der Waals surface area contributed by atoms with E-state index in [4.69, 9.17) is 0 Å². The number of rotatable bonds is 3. The Morgan fingerprint density at radius 1 is 0.432 bits per heavy atom. The van der Waals surface area contributed by atoms with Gasteiger partial charge in [0.2, 0.25) is 0 Å². The maximum atomic E-state index is 10.2. The summed E-state index contributed by atoms with van der Waals surface area (Å²) >= 11 is 3.55. The van der Waals surface area contributed by atoms with Crippen LogP contribution in [0.25, 0.3) is 73.7 Å². The van der Waals surface area contributed by atoms with Crippen LogP contribution in [0.4, 0.5) is 0 Å². The Hall–Kier alpha value is -5.77. The van der Waals surface area contributed by atoms with Crippen molar-refractivity contribution in [1.29, 1.82) is 15.8 Å². The quantitative estimate of drug-likeness (QED) is 0.205. The Morgan fingerprint density at radius 3 is 1.36 bits per heavy atom. The van der Waals surface area contributed by atoms with Gasteiger partial charge >= 0.3 is 0 Å². The second kappa shape index (κ2) is 10.2. The molecule has 0 N–H and O–H groups in total. The van der Waals surface area contributed by atoms with Gasteiger partial charge in [-0.3, -0.25) is 0 Å². The smallest absolute Gasteiger partial charge is 0.0999 e. The fourth-order valence-corrected chi connectivity index (χ4v) is 8.70. The minimum absolute atomic E-state index is 0.295. The third kappa shape index (κ3) is 3.98. The molecule has 0 amide bonds. The van der Waals surface area contributed by atoms with Crippen LogP contribution in [0.5, 0.6) is 0 Å². The number of nitrogens with zero attached hydrogens (tertiary/aromatic N) is 3. The third-order valence-corrected chi connectivity index (χ3v) is 10.6. The van der Waals surface area contributed by atoms with Crippen molar-refractivity contribution in [3.05, 3.63) is 132 Å². The standard InChI is InChI=1S/C39H19N3S2/c40-20-23-15-27(21-41)37(28(16-23)22-42)26-18-24(29-9-5-11-33-31-7-1-3-13-35(31)43-38(29)33)17-25(19-26)30-10-6-12-34-32-8-2-4-14-36(32)44-39(30)34/h1-19H. The van der Waals surface area contributed by atoms with Crippen LogP contribution in [-0.4, -0.2) is 0 Å². The molecule has 0 bridgehead atoms. The molecule has 0 saturated heterocycles. The van der Waals surface area contributed by atoms with Gasteiger partial charge in [-0.1, -0.05) is 72.8 Å². The van der Waals surface area contributed by atoms with Gasteiger partial charge in [0.15, 0.2) is 0 Å². The maximum Gasteiger partial charge on any atom is 0.0999 e. The van der Waals surface area contributed by atoms with Crippen molar-refractivity contribution >= 4 is 63.0 Å². The average molecular weight is 594 g/mol. The predicted octanol–water partition coefficient (Wildman–Crippen LogP) is 11.0. The van der Waals surface area contributed by atoms with Crippen molar-refractivity contribution in [1.82, 2.24) is 0 Å². The first-order valence-corrected chi connectivity index (χ1v) is 15.6. The first kappa shape index (κ1) is 25.9. The fourth-order valence-electron chi connectivity index (χ4n) is 6.23. The summed E-state index contributed by atoms with van der Waals surface area (Å²) in [7, 11) is 0. The number of fused-ring (bicyclic) bond motifs is 6. The molecule has 0 atom stereocenters. The van der Waals surface area contributed by atoms with Gasteiger partial charge in [0.1, 0.15) is 0 Å². The van der Waals surface area contributed by atoms with Crippen LogP contribution in [0.15, 0.2) is 115 Å². The highest BCUT2D eigenvalue weighted by atomic mass is 32.1. The number of hydrogen-bond acceptors (Lipinski definition) is 5. The molecule has 3 nitrogen and oxygen atoms in total. The molecule has 8 aromatic rings. The van der Waals surface area contributed by atoms with Crippen molar-refractivity contribution in [3.8, 4) is 51.6 Å². The molecule has 202 valence electrons. The lowest BCUT2D eigenvalue weighted by Gasteiger charge is -2.14. The minimum Gasteiger partial charge on any atom is -0.192 e. The highest BCUT2D eigenvalue weighted by Crippen LogP contribution is 2.45. The molecule has 0 radical (unpaired) electrons. The van der Waals surface area contributed by atoms with Gasteiger partial charge in [-0.15, -0.1) is 22.7 Å². The molecular weight excluding hydrogens is 575 g/mol. The predicted molar refractivity (Wildman–Crippen MR) is 183 cm³/mol. The van der Waals surface area contributed by atoms with Crippen molar-refractivity contribution < 1.29 is 0 Å². The Bertz CT molecular complexity index is 2430.